The average molecular weight is 324 g/mol. The fourth-order valence-corrected chi connectivity index (χ4v) is 1.59. The molecule has 3 amide bonds. The molecule has 0 spiro atoms. The standard InChI is InChI=1S/C15H20N2O6/c1-9(2)23-11-6-5-10(7-12(11)21-4)14(19)22-8-13(18)17-15(20)16-3/h5-7,9H,8H2,1-4H3,(H2,16,17,18,20). The van der Waals surface area contributed by atoms with Gasteiger partial charge >= 0.3 is 12.0 Å². The topological polar surface area (TPSA) is 103 Å². The Morgan fingerprint density at radius 1 is 1.17 bits per heavy atom. The number of methoxy groups -OCH3 is 1. The van der Waals surface area contributed by atoms with Crippen LogP contribution in [0.15, 0.2) is 18.2 Å². The average Bonchev–Trinajstić information content (AvgIpc) is 2.52. The van der Waals surface area contributed by atoms with Crippen molar-refractivity contribution >= 4 is 17.9 Å². The second kappa shape index (κ2) is 8.62. The first kappa shape index (κ1) is 18.3. The Morgan fingerprint density at radius 2 is 1.87 bits per heavy atom. The maximum absolute atomic E-state index is 11.9. The van der Waals surface area contributed by atoms with Crippen molar-refractivity contribution in [3.05, 3.63) is 23.8 Å². The van der Waals surface area contributed by atoms with E-state index in [4.69, 9.17) is 14.2 Å². The molecule has 8 heteroatoms. The molecule has 0 atom stereocenters. The summed E-state index contributed by atoms with van der Waals surface area (Å²) in [6.45, 7) is 3.16. The van der Waals surface area contributed by atoms with Gasteiger partial charge in [-0.15, -0.1) is 0 Å². The molecule has 0 saturated carbocycles. The van der Waals surface area contributed by atoms with Crippen LogP contribution in [0.5, 0.6) is 11.5 Å². The first-order valence-electron chi connectivity index (χ1n) is 6.90. The fraction of sp³-hybridized carbons (Fsp3) is 0.400. The summed E-state index contributed by atoms with van der Waals surface area (Å²) >= 11 is 0. The van der Waals surface area contributed by atoms with Crippen LogP contribution < -0.4 is 20.1 Å². The number of benzene rings is 1. The van der Waals surface area contributed by atoms with Crippen molar-refractivity contribution in [2.45, 2.75) is 20.0 Å². The van der Waals surface area contributed by atoms with Gasteiger partial charge < -0.3 is 19.5 Å². The van der Waals surface area contributed by atoms with Crippen LogP contribution in [0.3, 0.4) is 0 Å². The molecule has 8 nitrogen and oxygen atoms in total. The molecule has 2 N–H and O–H groups in total. The van der Waals surface area contributed by atoms with Crippen LogP contribution in [0.1, 0.15) is 24.2 Å². The molecule has 0 radical (unpaired) electrons. The second-order valence-electron chi connectivity index (χ2n) is 4.74. The molecule has 1 rings (SSSR count). The van der Waals surface area contributed by atoms with Gasteiger partial charge in [-0.2, -0.15) is 0 Å². The van der Waals surface area contributed by atoms with E-state index in [9.17, 15) is 14.4 Å². The highest BCUT2D eigenvalue weighted by atomic mass is 16.5. The van der Waals surface area contributed by atoms with Gasteiger partial charge in [0.1, 0.15) is 0 Å². The van der Waals surface area contributed by atoms with Crippen LogP contribution in [-0.2, 0) is 9.53 Å². The minimum atomic E-state index is -0.732. The lowest BCUT2D eigenvalue weighted by Crippen LogP contribution is -2.39. The molecule has 0 aliphatic carbocycles. The van der Waals surface area contributed by atoms with Crippen LogP contribution in [0.4, 0.5) is 4.79 Å². The van der Waals surface area contributed by atoms with Crippen molar-refractivity contribution in [1.82, 2.24) is 10.6 Å². The summed E-state index contributed by atoms with van der Waals surface area (Å²) in [6, 6.07) is 3.86. The minimum absolute atomic E-state index is 0.0462. The zero-order chi connectivity index (χ0) is 17.4. The largest absolute Gasteiger partial charge is 0.493 e. The summed E-state index contributed by atoms with van der Waals surface area (Å²) in [7, 11) is 2.82. The van der Waals surface area contributed by atoms with E-state index in [2.05, 4.69) is 5.32 Å². The van der Waals surface area contributed by atoms with Crippen LogP contribution in [-0.4, -0.2) is 44.8 Å². The highest BCUT2D eigenvalue weighted by Crippen LogP contribution is 2.29. The third-order valence-electron chi connectivity index (χ3n) is 2.58. The zero-order valence-corrected chi connectivity index (χ0v) is 13.5. The monoisotopic (exact) mass is 324 g/mol. The van der Waals surface area contributed by atoms with Gasteiger partial charge in [0.05, 0.1) is 18.8 Å². The van der Waals surface area contributed by atoms with Crippen LogP contribution in [0.25, 0.3) is 0 Å². The molecule has 0 bridgehead atoms. The number of amides is 3. The number of carbonyl (C=O) groups excluding carboxylic acids is 3. The number of carbonyl (C=O) groups is 3. The number of nitrogens with one attached hydrogen (secondary N) is 2. The molecular weight excluding hydrogens is 304 g/mol. The Bertz CT molecular complexity index is 585. The third-order valence-corrected chi connectivity index (χ3v) is 2.58. The molecular formula is C15H20N2O6. The molecule has 23 heavy (non-hydrogen) atoms. The molecule has 0 aliphatic rings. The molecule has 1 aromatic rings. The highest BCUT2D eigenvalue weighted by Gasteiger charge is 2.15. The fourth-order valence-electron chi connectivity index (χ4n) is 1.59. The van der Waals surface area contributed by atoms with Crippen LogP contribution in [0, 0.1) is 0 Å². The van der Waals surface area contributed by atoms with E-state index in [-0.39, 0.29) is 11.7 Å². The summed E-state index contributed by atoms with van der Waals surface area (Å²) in [4.78, 5) is 34.2. The molecule has 0 aromatic heterocycles. The Labute approximate surface area is 134 Å². The van der Waals surface area contributed by atoms with Crippen LogP contribution >= 0.6 is 0 Å². The molecule has 0 saturated heterocycles. The van der Waals surface area contributed by atoms with E-state index in [0.29, 0.717) is 11.5 Å². The van der Waals surface area contributed by atoms with Crippen LogP contribution in [0.2, 0.25) is 0 Å². The van der Waals surface area contributed by atoms with Gasteiger partial charge in [-0.3, -0.25) is 10.1 Å². The van der Waals surface area contributed by atoms with E-state index < -0.39 is 24.5 Å². The molecule has 0 unspecified atom stereocenters. The molecule has 0 fully saturated rings. The van der Waals surface area contributed by atoms with Crippen molar-refractivity contribution in [2.24, 2.45) is 0 Å². The Kier molecular flexibility index (Phi) is 6.85. The number of rotatable bonds is 6. The van der Waals surface area contributed by atoms with Crippen molar-refractivity contribution in [3.8, 4) is 11.5 Å². The maximum Gasteiger partial charge on any atom is 0.338 e. The predicted molar refractivity (Wildman–Crippen MR) is 81.6 cm³/mol. The Hall–Kier alpha value is -2.77. The van der Waals surface area contributed by atoms with Gasteiger partial charge in [0.15, 0.2) is 18.1 Å². The summed E-state index contributed by atoms with van der Waals surface area (Å²) in [5.74, 6) is -0.574. The van der Waals surface area contributed by atoms with Crippen molar-refractivity contribution in [3.63, 3.8) is 0 Å². The van der Waals surface area contributed by atoms with E-state index >= 15 is 0 Å². The molecule has 126 valence electrons. The summed E-state index contributed by atoms with van der Waals surface area (Å²) in [5.41, 5.74) is 0.200. The van der Waals surface area contributed by atoms with E-state index in [0.717, 1.165) is 0 Å². The number of esters is 1. The Morgan fingerprint density at radius 3 is 2.43 bits per heavy atom. The van der Waals surface area contributed by atoms with Crippen molar-refractivity contribution in [1.29, 1.82) is 0 Å². The summed E-state index contributed by atoms with van der Waals surface area (Å²) in [5, 5.41) is 4.19. The minimum Gasteiger partial charge on any atom is -0.493 e. The molecule has 1 aromatic carbocycles. The smallest absolute Gasteiger partial charge is 0.338 e. The number of imide groups is 1. The maximum atomic E-state index is 11.9. The number of urea groups is 1. The lowest BCUT2D eigenvalue weighted by atomic mass is 10.2. The molecule has 0 heterocycles. The van der Waals surface area contributed by atoms with Gasteiger partial charge in [-0.25, -0.2) is 9.59 Å². The summed E-state index contributed by atoms with van der Waals surface area (Å²) < 4.78 is 15.5. The van der Waals surface area contributed by atoms with Gasteiger partial charge in [-0.05, 0) is 32.0 Å². The Balaban J connectivity index is 2.69. The van der Waals surface area contributed by atoms with E-state index in [1.165, 1.54) is 26.3 Å². The molecule has 0 aliphatic heterocycles. The van der Waals surface area contributed by atoms with Crippen molar-refractivity contribution in [2.75, 3.05) is 20.8 Å². The third kappa shape index (κ3) is 5.85. The predicted octanol–water partition coefficient (Wildman–Crippen LogP) is 1.09. The lowest BCUT2D eigenvalue weighted by molar-refractivity contribution is -0.123. The lowest BCUT2D eigenvalue weighted by Gasteiger charge is -2.14. The normalized spacial score (nSPS) is 9.96. The number of ether oxygens (including phenoxy) is 3. The van der Waals surface area contributed by atoms with Gasteiger partial charge in [-0.1, -0.05) is 0 Å². The van der Waals surface area contributed by atoms with Gasteiger partial charge in [0, 0.05) is 7.05 Å². The van der Waals surface area contributed by atoms with E-state index in [1.54, 1.807) is 6.07 Å². The van der Waals surface area contributed by atoms with Gasteiger partial charge in [0.25, 0.3) is 5.91 Å². The zero-order valence-electron chi connectivity index (χ0n) is 13.5. The first-order valence-corrected chi connectivity index (χ1v) is 6.90. The second-order valence-corrected chi connectivity index (χ2v) is 4.74. The first-order chi connectivity index (χ1) is 10.9. The van der Waals surface area contributed by atoms with Gasteiger partial charge in [0.2, 0.25) is 0 Å². The number of hydrogen-bond acceptors (Lipinski definition) is 6. The van der Waals surface area contributed by atoms with E-state index in [1.807, 2.05) is 19.2 Å². The quantitative estimate of drug-likeness (QED) is 0.760. The van der Waals surface area contributed by atoms with Crippen molar-refractivity contribution < 1.29 is 28.6 Å². The number of hydrogen-bond donors (Lipinski definition) is 2. The summed E-state index contributed by atoms with van der Waals surface area (Å²) in [6.07, 6.45) is -0.0462. The highest BCUT2D eigenvalue weighted by molar-refractivity contribution is 5.97. The SMILES string of the molecule is CNC(=O)NC(=O)COC(=O)c1ccc(OC(C)C)c(OC)c1.